The summed E-state index contributed by atoms with van der Waals surface area (Å²) in [7, 11) is 3.15. The maximum Gasteiger partial charge on any atom is 0.255 e. The summed E-state index contributed by atoms with van der Waals surface area (Å²) in [6, 6.07) is 28.1. The minimum Gasteiger partial charge on any atom is -0.497 e. The SMILES string of the molecule is COc1ccc(C2CC(c3cccs3)=NN2C(=O)CSc2nnc(CNC(=O)c3ccccc3OC)n2-c2ccccc2)cc1. The number of thiophene rings is 1. The van der Waals surface area contributed by atoms with Crippen molar-refractivity contribution in [1.29, 1.82) is 0 Å². The van der Waals surface area contributed by atoms with Gasteiger partial charge >= 0.3 is 0 Å². The van der Waals surface area contributed by atoms with E-state index in [9.17, 15) is 9.59 Å². The first kappa shape index (κ1) is 30.1. The van der Waals surface area contributed by atoms with E-state index < -0.39 is 0 Å². The van der Waals surface area contributed by atoms with Crippen molar-refractivity contribution in [2.24, 2.45) is 5.10 Å². The van der Waals surface area contributed by atoms with Gasteiger partial charge in [0.15, 0.2) is 11.0 Å². The highest BCUT2D eigenvalue weighted by molar-refractivity contribution is 7.99. The molecule has 0 saturated carbocycles. The van der Waals surface area contributed by atoms with E-state index in [0.717, 1.165) is 27.6 Å². The number of carbonyl (C=O) groups excluding carboxylic acids is 2. The zero-order chi connectivity index (χ0) is 31.2. The lowest BCUT2D eigenvalue weighted by atomic mass is 10.0. The third kappa shape index (κ3) is 6.61. The summed E-state index contributed by atoms with van der Waals surface area (Å²) in [6.07, 6.45) is 0.611. The van der Waals surface area contributed by atoms with Crippen LogP contribution in [0.15, 0.2) is 107 Å². The molecule has 2 aromatic heterocycles. The number of hydrazone groups is 1. The van der Waals surface area contributed by atoms with Crippen molar-refractivity contribution in [2.75, 3.05) is 20.0 Å². The van der Waals surface area contributed by atoms with Crippen molar-refractivity contribution in [3.63, 3.8) is 0 Å². The number of ether oxygens (including phenoxy) is 2. The van der Waals surface area contributed by atoms with Crippen molar-refractivity contribution >= 4 is 40.6 Å². The number of nitrogens with one attached hydrogen (secondary N) is 1. The number of benzene rings is 3. The predicted octanol–water partition coefficient (Wildman–Crippen LogP) is 5.75. The molecule has 5 aromatic rings. The van der Waals surface area contributed by atoms with Gasteiger partial charge in [-0.15, -0.1) is 21.5 Å². The van der Waals surface area contributed by atoms with Gasteiger partial charge in [0.05, 0.1) is 48.7 Å². The minimum atomic E-state index is -0.294. The fourth-order valence-corrected chi connectivity index (χ4v) is 6.59. The van der Waals surface area contributed by atoms with E-state index in [1.54, 1.807) is 41.7 Å². The van der Waals surface area contributed by atoms with Gasteiger partial charge in [-0.25, -0.2) is 5.01 Å². The normalized spacial score (nSPS) is 14.2. The Hall–Kier alpha value is -4.94. The second-order valence-corrected chi connectivity index (χ2v) is 11.9. The number of hydrogen-bond acceptors (Lipinski definition) is 9. The second-order valence-electron chi connectivity index (χ2n) is 10.00. The molecule has 12 heteroatoms. The van der Waals surface area contributed by atoms with Gasteiger partial charge in [0.1, 0.15) is 11.5 Å². The average Bonchev–Trinajstić information content (AvgIpc) is 3.87. The molecule has 6 rings (SSSR count). The molecule has 228 valence electrons. The Kier molecular flexibility index (Phi) is 9.22. The molecule has 0 spiro atoms. The van der Waals surface area contributed by atoms with Gasteiger partial charge in [-0.05, 0) is 53.4 Å². The molecule has 0 saturated heterocycles. The summed E-state index contributed by atoms with van der Waals surface area (Å²) in [6.45, 7) is 0.118. The number of rotatable bonds is 11. The Morgan fingerprint density at radius 1 is 0.933 bits per heavy atom. The molecule has 1 N–H and O–H groups in total. The number of carbonyl (C=O) groups is 2. The lowest BCUT2D eigenvalue weighted by molar-refractivity contribution is -0.130. The van der Waals surface area contributed by atoms with Crippen LogP contribution in [0.1, 0.15) is 39.1 Å². The summed E-state index contributed by atoms with van der Waals surface area (Å²) in [5, 5.41) is 20.6. The highest BCUT2D eigenvalue weighted by Gasteiger charge is 2.33. The van der Waals surface area contributed by atoms with Crippen LogP contribution in [-0.2, 0) is 11.3 Å². The first-order valence-electron chi connectivity index (χ1n) is 14.2. The van der Waals surface area contributed by atoms with Crippen molar-refractivity contribution in [1.82, 2.24) is 25.1 Å². The lowest BCUT2D eigenvalue weighted by Crippen LogP contribution is -2.28. The van der Waals surface area contributed by atoms with Crippen molar-refractivity contribution in [2.45, 2.75) is 24.2 Å². The van der Waals surface area contributed by atoms with Gasteiger partial charge in [0.2, 0.25) is 0 Å². The van der Waals surface area contributed by atoms with Gasteiger partial charge < -0.3 is 14.8 Å². The summed E-state index contributed by atoms with van der Waals surface area (Å²) < 4.78 is 12.5. The van der Waals surface area contributed by atoms with E-state index in [4.69, 9.17) is 14.6 Å². The zero-order valence-electron chi connectivity index (χ0n) is 24.6. The quantitative estimate of drug-likeness (QED) is 0.184. The number of nitrogens with zero attached hydrogens (tertiary/aromatic N) is 5. The van der Waals surface area contributed by atoms with E-state index in [1.807, 2.05) is 82.7 Å². The zero-order valence-corrected chi connectivity index (χ0v) is 26.3. The second kappa shape index (κ2) is 13.8. The highest BCUT2D eigenvalue weighted by atomic mass is 32.2. The number of hydrogen-bond donors (Lipinski definition) is 1. The van der Waals surface area contributed by atoms with Crippen LogP contribution in [0.25, 0.3) is 5.69 Å². The van der Waals surface area contributed by atoms with Gasteiger partial charge in [-0.3, -0.25) is 14.2 Å². The molecule has 3 heterocycles. The lowest BCUT2D eigenvalue weighted by Gasteiger charge is -2.22. The molecular formula is C33H30N6O4S2. The Morgan fingerprint density at radius 2 is 1.71 bits per heavy atom. The van der Waals surface area contributed by atoms with Crippen molar-refractivity contribution < 1.29 is 19.1 Å². The molecule has 0 fully saturated rings. The fourth-order valence-electron chi connectivity index (χ4n) is 5.04. The molecular weight excluding hydrogens is 609 g/mol. The van der Waals surface area contributed by atoms with E-state index in [-0.39, 0.29) is 30.2 Å². The molecule has 0 aliphatic carbocycles. The van der Waals surface area contributed by atoms with Crippen molar-refractivity contribution in [3.8, 4) is 17.2 Å². The van der Waals surface area contributed by atoms with Crippen LogP contribution in [0, 0.1) is 0 Å². The topological polar surface area (TPSA) is 111 Å². The summed E-state index contributed by atoms with van der Waals surface area (Å²) in [4.78, 5) is 27.8. The maximum absolute atomic E-state index is 13.8. The Morgan fingerprint density at radius 3 is 2.44 bits per heavy atom. The number of thioether (sulfide) groups is 1. The molecule has 45 heavy (non-hydrogen) atoms. The van der Waals surface area contributed by atoms with Crippen LogP contribution in [0.5, 0.6) is 11.5 Å². The Bertz CT molecular complexity index is 1810. The van der Waals surface area contributed by atoms with E-state index in [0.29, 0.717) is 28.7 Å². The summed E-state index contributed by atoms with van der Waals surface area (Å²) >= 11 is 2.88. The molecule has 2 amide bonds. The van der Waals surface area contributed by atoms with Crippen LogP contribution < -0.4 is 14.8 Å². The average molecular weight is 639 g/mol. The van der Waals surface area contributed by atoms with Crippen LogP contribution in [0.3, 0.4) is 0 Å². The first-order valence-corrected chi connectivity index (χ1v) is 16.0. The van der Waals surface area contributed by atoms with Gasteiger partial charge in [-0.1, -0.05) is 60.3 Å². The monoisotopic (exact) mass is 638 g/mol. The van der Waals surface area contributed by atoms with Crippen molar-refractivity contribution in [3.05, 3.63) is 118 Å². The molecule has 0 bridgehead atoms. The fraction of sp³-hybridized carbons (Fsp3) is 0.182. The molecule has 10 nitrogen and oxygen atoms in total. The number of para-hydroxylation sites is 2. The van der Waals surface area contributed by atoms with Crippen LogP contribution in [-0.4, -0.2) is 57.3 Å². The highest BCUT2D eigenvalue weighted by Crippen LogP contribution is 2.35. The number of aromatic nitrogens is 3. The smallest absolute Gasteiger partial charge is 0.255 e. The predicted molar refractivity (Wildman–Crippen MR) is 174 cm³/mol. The standard InChI is InChI=1S/C33H30N6O4S2/c1-42-24-16-14-22(15-17-24)27-19-26(29-13-8-18-44-29)37-39(27)31(40)21-45-33-36-35-30(38(33)23-9-4-3-5-10-23)20-34-32(41)25-11-6-7-12-28(25)43-2/h3-18,27H,19-21H2,1-2H3,(H,34,41). The van der Waals surface area contributed by atoms with E-state index >= 15 is 0 Å². The molecule has 1 atom stereocenters. The van der Waals surface area contributed by atoms with Crippen LogP contribution >= 0.6 is 23.1 Å². The summed E-state index contributed by atoms with van der Waals surface area (Å²) in [5.41, 5.74) is 3.09. The maximum atomic E-state index is 13.8. The Labute approximate surface area is 268 Å². The van der Waals surface area contributed by atoms with Gasteiger partial charge in [0, 0.05) is 12.1 Å². The minimum absolute atomic E-state index is 0.0897. The van der Waals surface area contributed by atoms with Crippen LogP contribution in [0.2, 0.25) is 0 Å². The van der Waals surface area contributed by atoms with E-state index in [1.165, 1.54) is 18.9 Å². The number of amides is 2. The number of methoxy groups -OCH3 is 2. The summed E-state index contributed by atoms with van der Waals surface area (Å²) in [5.74, 6) is 1.40. The third-order valence-electron chi connectivity index (χ3n) is 7.27. The largest absolute Gasteiger partial charge is 0.497 e. The Balaban J connectivity index is 1.22. The van der Waals surface area contributed by atoms with Gasteiger partial charge in [0.25, 0.3) is 11.8 Å². The van der Waals surface area contributed by atoms with Gasteiger partial charge in [-0.2, -0.15) is 5.10 Å². The third-order valence-corrected chi connectivity index (χ3v) is 9.10. The molecule has 1 aliphatic rings. The molecule has 0 radical (unpaired) electrons. The molecule has 1 unspecified atom stereocenters. The molecule has 3 aromatic carbocycles. The molecule has 1 aliphatic heterocycles. The van der Waals surface area contributed by atoms with E-state index in [2.05, 4.69) is 15.5 Å². The van der Waals surface area contributed by atoms with Crippen LogP contribution in [0.4, 0.5) is 0 Å². The first-order chi connectivity index (χ1) is 22.1.